The number of aromatic nitrogens is 1. The molecule has 0 bridgehead atoms. The van der Waals surface area contributed by atoms with Crippen LogP contribution in [0.25, 0.3) is 46.1 Å². The fourth-order valence-corrected chi connectivity index (χ4v) is 5.81. The van der Waals surface area contributed by atoms with Crippen LogP contribution in [0.4, 0.5) is 17.1 Å². The van der Waals surface area contributed by atoms with Crippen molar-refractivity contribution in [3.63, 3.8) is 0 Å². The summed E-state index contributed by atoms with van der Waals surface area (Å²) >= 11 is 0. The average Bonchev–Trinajstić information content (AvgIpc) is 3.29. The van der Waals surface area contributed by atoms with Gasteiger partial charge in [0.25, 0.3) is 0 Å². The van der Waals surface area contributed by atoms with E-state index in [4.69, 9.17) is 0 Å². The lowest BCUT2D eigenvalue weighted by molar-refractivity contribution is 0.896. The van der Waals surface area contributed by atoms with Crippen molar-refractivity contribution in [2.45, 2.75) is 6.54 Å². The number of anilines is 3. The number of nitrogens with zero attached hydrogens (tertiary/aromatic N) is 1. The third kappa shape index (κ3) is 4.02. The summed E-state index contributed by atoms with van der Waals surface area (Å²) in [5.74, 6) is 1.01. The van der Waals surface area contributed by atoms with Gasteiger partial charge in [0.2, 0.25) is 0 Å². The van der Waals surface area contributed by atoms with Crippen molar-refractivity contribution in [1.82, 2.24) is 9.88 Å². The SMILES string of the molecule is C=C/C=c1\c(=C)c2cc3c(cc2n1C1=CC(c2ccccc2)=CCN1)Nc1ccccc1-c1ccccc1CN3. The Bertz CT molecular complexity index is 1960. The van der Waals surface area contributed by atoms with E-state index in [0.717, 1.165) is 57.4 Å². The van der Waals surface area contributed by atoms with E-state index in [1.807, 2.05) is 12.2 Å². The van der Waals surface area contributed by atoms with Crippen LogP contribution < -0.4 is 26.5 Å². The van der Waals surface area contributed by atoms with E-state index >= 15 is 0 Å². The van der Waals surface area contributed by atoms with Crippen LogP contribution in [0.1, 0.15) is 11.1 Å². The van der Waals surface area contributed by atoms with E-state index in [1.165, 1.54) is 27.8 Å². The van der Waals surface area contributed by atoms with Crippen LogP contribution in [0.15, 0.2) is 116 Å². The molecule has 3 N–H and O–H groups in total. The van der Waals surface area contributed by atoms with Crippen molar-refractivity contribution in [1.29, 1.82) is 0 Å². The molecular formula is C36H30N4. The van der Waals surface area contributed by atoms with E-state index < -0.39 is 0 Å². The monoisotopic (exact) mass is 518 g/mol. The Balaban J connectivity index is 1.44. The molecule has 0 spiro atoms. The highest BCUT2D eigenvalue weighted by Crippen LogP contribution is 2.38. The molecule has 0 unspecified atom stereocenters. The van der Waals surface area contributed by atoms with Crippen LogP contribution in [-0.4, -0.2) is 11.1 Å². The number of allylic oxidation sites excluding steroid dienone is 3. The first-order valence-corrected chi connectivity index (χ1v) is 13.6. The molecule has 7 rings (SSSR count). The molecule has 4 nitrogen and oxygen atoms in total. The lowest BCUT2D eigenvalue weighted by Crippen LogP contribution is -2.32. The number of para-hydroxylation sites is 1. The molecule has 0 aliphatic carbocycles. The van der Waals surface area contributed by atoms with E-state index in [0.29, 0.717) is 0 Å². The van der Waals surface area contributed by atoms with E-state index in [9.17, 15) is 0 Å². The summed E-state index contributed by atoms with van der Waals surface area (Å²) in [5.41, 5.74) is 10.3. The maximum atomic E-state index is 4.52. The van der Waals surface area contributed by atoms with Gasteiger partial charge in [-0.1, -0.05) is 98.1 Å². The fourth-order valence-electron chi connectivity index (χ4n) is 5.81. The van der Waals surface area contributed by atoms with Gasteiger partial charge in [0.05, 0.1) is 22.2 Å². The lowest BCUT2D eigenvalue weighted by atomic mass is 9.98. The molecule has 0 saturated carbocycles. The minimum Gasteiger partial charge on any atom is -0.379 e. The van der Waals surface area contributed by atoms with E-state index in [-0.39, 0.29) is 0 Å². The molecule has 0 fully saturated rings. The first kappa shape index (κ1) is 23.9. The van der Waals surface area contributed by atoms with Crippen molar-refractivity contribution in [2.24, 2.45) is 0 Å². The molecule has 3 heterocycles. The normalized spacial score (nSPS) is 14.6. The molecule has 194 valence electrons. The fraction of sp³-hybridized carbons (Fsp3) is 0.0556. The maximum absolute atomic E-state index is 4.52. The van der Waals surface area contributed by atoms with Gasteiger partial charge in [-0.2, -0.15) is 0 Å². The Morgan fingerprint density at radius 2 is 1.55 bits per heavy atom. The molecule has 4 aromatic carbocycles. The summed E-state index contributed by atoms with van der Waals surface area (Å²) in [7, 11) is 0. The summed E-state index contributed by atoms with van der Waals surface area (Å²) in [6.45, 7) is 9.99. The predicted molar refractivity (Wildman–Crippen MR) is 171 cm³/mol. The van der Waals surface area contributed by atoms with Gasteiger partial charge in [-0.3, -0.25) is 4.57 Å². The molecule has 5 aromatic rings. The van der Waals surface area contributed by atoms with Gasteiger partial charge in [-0.15, -0.1) is 0 Å². The number of nitrogens with one attached hydrogen (secondary N) is 3. The number of hydrogen-bond acceptors (Lipinski definition) is 3. The average molecular weight is 519 g/mol. The van der Waals surface area contributed by atoms with E-state index in [2.05, 4.69) is 137 Å². The number of fused-ring (bicyclic) bond motifs is 5. The highest BCUT2D eigenvalue weighted by molar-refractivity contribution is 5.97. The molecule has 0 saturated heterocycles. The molecule has 2 aliphatic rings. The van der Waals surface area contributed by atoms with Gasteiger partial charge < -0.3 is 16.0 Å². The number of hydrogen-bond donors (Lipinski definition) is 3. The van der Waals surface area contributed by atoms with Crippen molar-refractivity contribution in [3.8, 4) is 11.1 Å². The zero-order chi connectivity index (χ0) is 27.1. The topological polar surface area (TPSA) is 41.0 Å². The zero-order valence-electron chi connectivity index (χ0n) is 22.2. The molecule has 1 aromatic heterocycles. The van der Waals surface area contributed by atoms with Crippen LogP contribution in [0, 0.1) is 0 Å². The molecule has 40 heavy (non-hydrogen) atoms. The van der Waals surface area contributed by atoms with Gasteiger partial charge in [-0.25, -0.2) is 0 Å². The minimum atomic E-state index is 0.724. The quantitative estimate of drug-likeness (QED) is 0.245. The second-order valence-electron chi connectivity index (χ2n) is 10.1. The standard InChI is InChI=1S/C36H30N4/c1-3-11-34-24(2)30-21-32-33(39-31-17-10-9-16-29(31)28-15-8-7-14-27(28)23-38-32)22-35(30)40(34)36-20-26(18-19-37-36)25-12-5-4-6-13-25/h3-18,20-22,37-39H,1-2,19,23H2/b34-11+. The zero-order valence-corrected chi connectivity index (χ0v) is 22.2. The van der Waals surface area contributed by atoms with Gasteiger partial charge in [0, 0.05) is 34.9 Å². The minimum absolute atomic E-state index is 0.724. The van der Waals surface area contributed by atoms with Crippen LogP contribution in [0.5, 0.6) is 0 Å². The molecular weight excluding hydrogens is 488 g/mol. The maximum Gasteiger partial charge on any atom is 0.111 e. The van der Waals surface area contributed by atoms with Crippen LogP contribution >= 0.6 is 0 Å². The van der Waals surface area contributed by atoms with E-state index in [1.54, 1.807) is 0 Å². The molecule has 2 aliphatic heterocycles. The first-order chi connectivity index (χ1) is 19.7. The Morgan fingerprint density at radius 3 is 2.40 bits per heavy atom. The highest BCUT2D eigenvalue weighted by atomic mass is 15.1. The van der Waals surface area contributed by atoms with Gasteiger partial charge in [0.15, 0.2) is 0 Å². The first-order valence-electron chi connectivity index (χ1n) is 13.6. The van der Waals surface area contributed by atoms with Crippen LogP contribution in [-0.2, 0) is 6.54 Å². The third-order valence-electron chi connectivity index (χ3n) is 7.75. The van der Waals surface area contributed by atoms with Crippen molar-refractivity contribution >= 4 is 52.0 Å². The van der Waals surface area contributed by atoms with Crippen molar-refractivity contribution in [3.05, 3.63) is 137 Å². The Morgan fingerprint density at radius 1 is 0.775 bits per heavy atom. The number of rotatable bonds is 3. The second-order valence-corrected chi connectivity index (χ2v) is 10.1. The Hall–Kier alpha value is -5.22. The van der Waals surface area contributed by atoms with Crippen LogP contribution in [0.3, 0.4) is 0 Å². The van der Waals surface area contributed by atoms with Gasteiger partial charge in [0.1, 0.15) is 5.82 Å². The van der Waals surface area contributed by atoms with Crippen molar-refractivity contribution < 1.29 is 0 Å². The summed E-state index contributed by atoms with van der Waals surface area (Å²) in [6, 6.07) is 32.1. The largest absolute Gasteiger partial charge is 0.379 e. The molecule has 0 atom stereocenters. The molecule has 4 heteroatoms. The Kier molecular flexibility index (Phi) is 5.86. The Labute approximate surface area is 234 Å². The molecule has 0 radical (unpaired) electrons. The lowest BCUT2D eigenvalue weighted by Gasteiger charge is -2.20. The van der Waals surface area contributed by atoms with Crippen molar-refractivity contribution in [2.75, 3.05) is 17.2 Å². The van der Waals surface area contributed by atoms with Crippen LogP contribution in [0.2, 0.25) is 0 Å². The van der Waals surface area contributed by atoms with Gasteiger partial charge in [-0.05, 0) is 52.6 Å². The third-order valence-corrected chi connectivity index (χ3v) is 7.75. The summed E-state index contributed by atoms with van der Waals surface area (Å²) in [4.78, 5) is 0. The molecule has 0 amide bonds. The predicted octanol–water partition coefficient (Wildman–Crippen LogP) is 6.84. The summed E-state index contributed by atoms with van der Waals surface area (Å²) in [6.07, 6.45) is 8.32. The second kappa shape index (κ2) is 9.83. The summed E-state index contributed by atoms with van der Waals surface area (Å²) < 4.78 is 2.27. The highest BCUT2D eigenvalue weighted by Gasteiger charge is 2.19. The summed E-state index contributed by atoms with van der Waals surface area (Å²) in [5, 5.41) is 14.2. The van der Waals surface area contributed by atoms with Gasteiger partial charge >= 0.3 is 0 Å². The number of benzene rings is 4. The smallest absolute Gasteiger partial charge is 0.111 e. The number of dihydropyridines is 1.